The van der Waals surface area contributed by atoms with Gasteiger partial charge in [-0.1, -0.05) is 35.9 Å². The lowest BCUT2D eigenvalue weighted by Crippen LogP contribution is -2.36. The van der Waals surface area contributed by atoms with Crippen LogP contribution in [0.4, 0.5) is 11.8 Å². The lowest BCUT2D eigenvalue weighted by Gasteiger charge is -2.27. The van der Waals surface area contributed by atoms with Crippen LogP contribution in [0.15, 0.2) is 29.1 Å². The normalized spacial score (nSPS) is 19.4. The molecule has 1 atom stereocenters. The van der Waals surface area contributed by atoms with Crippen LogP contribution in [-0.4, -0.2) is 15.9 Å². The maximum atomic E-state index is 12.4. The van der Waals surface area contributed by atoms with Crippen molar-refractivity contribution in [1.82, 2.24) is 9.97 Å². The number of H-pyrrole nitrogens is 1. The van der Waals surface area contributed by atoms with Crippen molar-refractivity contribution in [3.05, 3.63) is 50.6 Å². The van der Waals surface area contributed by atoms with Gasteiger partial charge in [-0.25, -0.2) is 0 Å². The van der Waals surface area contributed by atoms with Crippen molar-refractivity contribution in [1.29, 1.82) is 0 Å². The van der Waals surface area contributed by atoms with Gasteiger partial charge in [-0.15, -0.1) is 0 Å². The summed E-state index contributed by atoms with van der Waals surface area (Å²) in [5, 5.41) is 4.93. The van der Waals surface area contributed by atoms with Crippen molar-refractivity contribution >= 4 is 29.3 Å². The maximum absolute atomic E-state index is 12.4. The molecule has 0 fully saturated rings. The highest BCUT2D eigenvalue weighted by Crippen LogP contribution is 2.36. The SMILES string of the molecule is Nc1nc2c(c(=O)[nH]1)C(C1=c3ccccc3=CCC1)CC(=O)N2. The van der Waals surface area contributed by atoms with Crippen LogP contribution in [0.2, 0.25) is 0 Å². The van der Waals surface area contributed by atoms with Gasteiger partial charge >= 0.3 is 0 Å². The minimum Gasteiger partial charge on any atom is -0.369 e. The third-order valence-electron chi connectivity index (χ3n) is 4.47. The first-order valence-corrected chi connectivity index (χ1v) is 7.61. The molecule has 1 aliphatic heterocycles. The second-order valence-corrected chi connectivity index (χ2v) is 5.87. The van der Waals surface area contributed by atoms with Gasteiger partial charge in [-0.3, -0.25) is 14.6 Å². The molecule has 2 aliphatic rings. The molecule has 0 bridgehead atoms. The highest BCUT2D eigenvalue weighted by atomic mass is 16.2. The molecule has 2 heterocycles. The number of amides is 1. The number of benzene rings is 1. The molecule has 1 aromatic heterocycles. The van der Waals surface area contributed by atoms with Crippen LogP contribution in [0.3, 0.4) is 0 Å². The standard InChI is InChI=1S/C17H16N4O2/c18-17-20-15-14(16(23)21-17)12(8-13(22)19-15)11-7-3-5-9-4-1-2-6-10(9)11/h1-2,4-6,12H,3,7-8H2,(H4,18,19,20,21,22,23). The lowest BCUT2D eigenvalue weighted by atomic mass is 9.81. The fourth-order valence-corrected chi connectivity index (χ4v) is 3.53. The van der Waals surface area contributed by atoms with Crippen molar-refractivity contribution in [2.75, 3.05) is 11.1 Å². The molecule has 0 radical (unpaired) electrons. The number of nitrogens with two attached hydrogens (primary N) is 1. The molecule has 4 N–H and O–H groups in total. The summed E-state index contributed by atoms with van der Waals surface area (Å²) in [5.41, 5.74) is 6.94. The molecule has 1 amide bonds. The Bertz CT molecular complexity index is 990. The minimum atomic E-state index is -0.281. The second kappa shape index (κ2) is 5.08. The van der Waals surface area contributed by atoms with E-state index in [0.29, 0.717) is 5.56 Å². The Hall–Kier alpha value is -2.89. The van der Waals surface area contributed by atoms with E-state index in [1.807, 2.05) is 18.2 Å². The van der Waals surface area contributed by atoms with E-state index in [1.165, 1.54) is 0 Å². The van der Waals surface area contributed by atoms with Gasteiger partial charge in [0.1, 0.15) is 5.82 Å². The Balaban J connectivity index is 2.01. The van der Waals surface area contributed by atoms with Crippen LogP contribution >= 0.6 is 0 Å². The predicted octanol–water partition coefficient (Wildman–Crippen LogP) is 0.203. The Morgan fingerprint density at radius 2 is 2.04 bits per heavy atom. The fraction of sp³-hybridized carbons (Fsp3) is 0.235. The first-order valence-electron chi connectivity index (χ1n) is 7.61. The van der Waals surface area contributed by atoms with E-state index in [4.69, 9.17) is 5.73 Å². The molecule has 1 aliphatic carbocycles. The number of hydrogen-bond acceptors (Lipinski definition) is 4. The smallest absolute Gasteiger partial charge is 0.258 e. The summed E-state index contributed by atoms with van der Waals surface area (Å²) in [6, 6.07) is 8.08. The molecule has 0 spiro atoms. The zero-order valence-corrected chi connectivity index (χ0v) is 12.4. The van der Waals surface area contributed by atoms with Crippen molar-refractivity contribution in [3.63, 3.8) is 0 Å². The third kappa shape index (κ3) is 2.23. The second-order valence-electron chi connectivity index (χ2n) is 5.87. The Morgan fingerprint density at radius 1 is 1.22 bits per heavy atom. The maximum Gasteiger partial charge on any atom is 0.258 e. The molecule has 6 heteroatoms. The topological polar surface area (TPSA) is 101 Å². The zero-order valence-electron chi connectivity index (χ0n) is 12.4. The molecule has 0 saturated heterocycles. The van der Waals surface area contributed by atoms with Gasteiger partial charge in [0, 0.05) is 12.3 Å². The number of hydrogen-bond donors (Lipinski definition) is 3. The Kier molecular flexibility index (Phi) is 3.04. The van der Waals surface area contributed by atoms with Crippen molar-refractivity contribution < 1.29 is 4.79 Å². The van der Waals surface area contributed by atoms with Gasteiger partial charge in [0.05, 0.1) is 5.56 Å². The molecule has 0 saturated carbocycles. The number of nitrogen functional groups attached to an aromatic ring is 1. The van der Waals surface area contributed by atoms with Gasteiger partial charge in [-0.05, 0) is 23.3 Å². The van der Waals surface area contributed by atoms with Crippen LogP contribution in [0.5, 0.6) is 0 Å². The van der Waals surface area contributed by atoms with E-state index < -0.39 is 0 Å². The number of aromatic nitrogens is 2. The highest BCUT2D eigenvalue weighted by Gasteiger charge is 2.32. The number of aromatic amines is 1. The van der Waals surface area contributed by atoms with Crippen LogP contribution in [0.1, 0.15) is 30.7 Å². The molecular formula is C17H16N4O2. The molecule has 23 heavy (non-hydrogen) atoms. The summed E-state index contributed by atoms with van der Waals surface area (Å²) in [4.78, 5) is 31.1. The van der Waals surface area contributed by atoms with Gasteiger partial charge < -0.3 is 11.1 Å². The highest BCUT2D eigenvalue weighted by molar-refractivity contribution is 5.95. The lowest BCUT2D eigenvalue weighted by molar-refractivity contribution is -0.116. The monoisotopic (exact) mass is 308 g/mol. The summed E-state index contributed by atoms with van der Waals surface area (Å²) in [7, 11) is 0. The summed E-state index contributed by atoms with van der Waals surface area (Å²) < 4.78 is 0. The summed E-state index contributed by atoms with van der Waals surface area (Å²) in [6.07, 6.45) is 4.18. The summed E-state index contributed by atoms with van der Waals surface area (Å²) >= 11 is 0. The first-order chi connectivity index (χ1) is 11.1. The number of fused-ring (bicyclic) bond motifs is 2. The van der Waals surface area contributed by atoms with E-state index in [2.05, 4.69) is 27.4 Å². The van der Waals surface area contributed by atoms with E-state index in [0.717, 1.165) is 28.9 Å². The number of nitrogens with zero attached hydrogens (tertiary/aromatic N) is 1. The third-order valence-corrected chi connectivity index (χ3v) is 4.47. The largest absolute Gasteiger partial charge is 0.369 e. The average Bonchev–Trinajstić information content (AvgIpc) is 2.52. The van der Waals surface area contributed by atoms with Crippen molar-refractivity contribution in [2.24, 2.45) is 0 Å². The van der Waals surface area contributed by atoms with E-state index in [-0.39, 0.29) is 35.6 Å². The number of carbonyl (C=O) groups is 1. The Labute approximate surface area is 131 Å². The number of nitrogens with one attached hydrogen (secondary N) is 2. The van der Waals surface area contributed by atoms with Crippen LogP contribution in [-0.2, 0) is 4.79 Å². The Morgan fingerprint density at radius 3 is 2.91 bits per heavy atom. The van der Waals surface area contributed by atoms with Gasteiger partial charge in [-0.2, -0.15) is 4.98 Å². The van der Waals surface area contributed by atoms with Gasteiger partial charge in [0.15, 0.2) is 0 Å². The zero-order chi connectivity index (χ0) is 16.0. The van der Waals surface area contributed by atoms with Gasteiger partial charge in [0.2, 0.25) is 11.9 Å². The van der Waals surface area contributed by atoms with Crippen molar-refractivity contribution in [2.45, 2.75) is 25.2 Å². The van der Waals surface area contributed by atoms with E-state index in [9.17, 15) is 9.59 Å². The molecule has 1 unspecified atom stereocenters. The molecule has 2 aromatic rings. The molecule has 1 aromatic carbocycles. The van der Waals surface area contributed by atoms with Crippen molar-refractivity contribution in [3.8, 4) is 0 Å². The van der Waals surface area contributed by atoms with E-state index in [1.54, 1.807) is 0 Å². The summed E-state index contributed by atoms with van der Waals surface area (Å²) in [6.45, 7) is 0. The molecule has 4 rings (SSSR count). The quantitative estimate of drug-likeness (QED) is 0.700. The number of carbonyl (C=O) groups excluding carboxylic acids is 1. The van der Waals surface area contributed by atoms with Crippen LogP contribution < -0.4 is 27.0 Å². The average molecular weight is 308 g/mol. The molecule has 6 nitrogen and oxygen atoms in total. The molecule has 116 valence electrons. The van der Waals surface area contributed by atoms with Gasteiger partial charge in [0.25, 0.3) is 5.56 Å². The van der Waals surface area contributed by atoms with E-state index >= 15 is 0 Å². The fourth-order valence-electron chi connectivity index (χ4n) is 3.53. The molecular weight excluding hydrogens is 292 g/mol. The van der Waals surface area contributed by atoms with Crippen LogP contribution in [0, 0.1) is 0 Å². The predicted molar refractivity (Wildman–Crippen MR) is 88.1 cm³/mol. The summed E-state index contributed by atoms with van der Waals surface area (Å²) in [5.74, 6) is -0.103. The number of anilines is 2. The van der Waals surface area contributed by atoms with Crippen LogP contribution in [0.25, 0.3) is 11.6 Å². The first kappa shape index (κ1) is 13.8. The minimum absolute atomic E-state index is 0.0112. The number of rotatable bonds is 1.